The highest BCUT2D eigenvalue weighted by atomic mass is 19.4. The second kappa shape index (κ2) is 15.4. The lowest BCUT2D eigenvalue weighted by molar-refractivity contribution is -0.139. The Morgan fingerprint density at radius 3 is 2.47 bits per heavy atom. The van der Waals surface area contributed by atoms with Crippen molar-refractivity contribution in [3.05, 3.63) is 88.5 Å². The molecule has 0 radical (unpaired) electrons. The van der Waals surface area contributed by atoms with Gasteiger partial charge < -0.3 is 24.4 Å². The number of pyridine rings is 2. The normalized spacial score (nSPS) is 19.7. The molecule has 290 valence electrons. The number of amides is 2. The minimum Gasteiger partial charge on any atom is -0.455 e. The number of alkyl halides is 3. The summed E-state index contributed by atoms with van der Waals surface area (Å²) in [6.07, 6.45) is 4.38. The van der Waals surface area contributed by atoms with Crippen LogP contribution in [0.5, 0.6) is 11.5 Å². The molecule has 3 aliphatic heterocycles. The van der Waals surface area contributed by atoms with Gasteiger partial charge >= 0.3 is 6.18 Å². The lowest BCUT2D eigenvalue weighted by Crippen LogP contribution is -2.45. The summed E-state index contributed by atoms with van der Waals surface area (Å²) in [6.45, 7) is 10.5. The zero-order valence-electron chi connectivity index (χ0n) is 31.5. The number of benzene rings is 1. The Morgan fingerprint density at radius 2 is 1.76 bits per heavy atom. The summed E-state index contributed by atoms with van der Waals surface area (Å²) in [5, 5.41) is 0.819. The van der Waals surface area contributed by atoms with Crippen molar-refractivity contribution in [3.8, 4) is 11.5 Å². The molecule has 0 spiro atoms. The number of carbonyl (C=O) groups excluding carboxylic acids is 2. The third kappa shape index (κ3) is 8.14. The first-order valence-corrected chi connectivity index (χ1v) is 19.6. The maximum absolute atomic E-state index is 14.3. The van der Waals surface area contributed by atoms with Crippen molar-refractivity contribution < 1.29 is 27.5 Å². The van der Waals surface area contributed by atoms with Crippen LogP contribution in [-0.4, -0.2) is 98.7 Å². The first-order valence-electron chi connectivity index (χ1n) is 19.6. The molecule has 8 rings (SSSR count). The van der Waals surface area contributed by atoms with E-state index >= 15 is 0 Å². The molecule has 1 aromatic carbocycles. The predicted molar refractivity (Wildman–Crippen MR) is 203 cm³/mol. The van der Waals surface area contributed by atoms with Crippen molar-refractivity contribution in [1.29, 1.82) is 0 Å². The molecule has 4 aromatic rings. The third-order valence-corrected chi connectivity index (χ3v) is 11.7. The van der Waals surface area contributed by atoms with Crippen LogP contribution in [0, 0.1) is 5.92 Å². The van der Waals surface area contributed by atoms with Crippen LogP contribution in [0.3, 0.4) is 0 Å². The van der Waals surface area contributed by atoms with Crippen LogP contribution < -0.4 is 4.74 Å². The van der Waals surface area contributed by atoms with Crippen molar-refractivity contribution >= 4 is 28.4 Å². The van der Waals surface area contributed by atoms with Gasteiger partial charge in [0.1, 0.15) is 17.1 Å². The number of fused-ring (bicyclic) bond motifs is 2. The molecule has 13 heteroatoms. The van der Waals surface area contributed by atoms with Gasteiger partial charge in [-0.25, -0.2) is 4.98 Å². The Hall–Kier alpha value is -4.75. The Balaban J connectivity index is 0.959. The van der Waals surface area contributed by atoms with E-state index in [-0.39, 0.29) is 48.7 Å². The van der Waals surface area contributed by atoms with E-state index in [1.807, 2.05) is 30.0 Å². The zero-order valence-corrected chi connectivity index (χ0v) is 31.5. The number of rotatable bonds is 10. The fraction of sp³-hybridized carbons (Fsp3) is 0.476. The molecule has 1 unspecified atom stereocenters. The number of ether oxygens (including phenoxy) is 1. The second-order valence-electron chi connectivity index (χ2n) is 15.4. The largest absolute Gasteiger partial charge is 0.455 e. The number of likely N-dealkylation sites (N-methyl/N-ethyl adjacent to an activating group) is 1. The van der Waals surface area contributed by atoms with E-state index in [1.165, 1.54) is 0 Å². The van der Waals surface area contributed by atoms with Crippen LogP contribution in [0.15, 0.2) is 54.9 Å². The zero-order chi connectivity index (χ0) is 38.3. The van der Waals surface area contributed by atoms with Crippen molar-refractivity contribution in [1.82, 2.24) is 34.6 Å². The minimum absolute atomic E-state index is 0.0119. The molecule has 2 fully saturated rings. The molecule has 0 bridgehead atoms. The molecule has 55 heavy (non-hydrogen) atoms. The van der Waals surface area contributed by atoms with Gasteiger partial charge in [0, 0.05) is 82.6 Å². The van der Waals surface area contributed by atoms with Gasteiger partial charge in [0.2, 0.25) is 11.8 Å². The number of carbonyl (C=O) groups is 2. The lowest BCUT2D eigenvalue weighted by Gasteiger charge is -2.34. The molecule has 1 aliphatic carbocycles. The van der Waals surface area contributed by atoms with E-state index in [9.17, 15) is 22.8 Å². The van der Waals surface area contributed by atoms with Gasteiger partial charge in [-0.2, -0.15) is 13.2 Å². The van der Waals surface area contributed by atoms with Crippen LogP contribution in [0.1, 0.15) is 79.1 Å². The summed E-state index contributed by atoms with van der Waals surface area (Å²) in [7, 11) is 0. The van der Waals surface area contributed by atoms with E-state index < -0.39 is 11.7 Å². The first-order chi connectivity index (χ1) is 26.6. The number of halogens is 3. The van der Waals surface area contributed by atoms with E-state index in [0.29, 0.717) is 42.3 Å². The number of hydrogen-bond donors (Lipinski definition) is 1. The van der Waals surface area contributed by atoms with Crippen molar-refractivity contribution in [2.75, 3.05) is 52.4 Å². The summed E-state index contributed by atoms with van der Waals surface area (Å²) in [4.78, 5) is 47.1. The smallest absolute Gasteiger partial charge is 0.416 e. The lowest BCUT2D eigenvalue weighted by atomic mass is 9.92. The topological polar surface area (TPSA) is 97.9 Å². The number of H-pyrrole nitrogens is 1. The van der Waals surface area contributed by atoms with Gasteiger partial charge in [0.05, 0.1) is 29.3 Å². The van der Waals surface area contributed by atoms with E-state index in [1.54, 1.807) is 29.4 Å². The van der Waals surface area contributed by atoms with Crippen LogP contribution >= 0.6 is 0 Å². The molecule has 1 N–H and O–H groups in total. The quantitative estimate of drug-likeness (QED) is 0.186. The number of nitrogens with one attached hydrogen (secondary N) is 1. The average Bonchev–Trinajstić information content (AvgIpc) is 3.95. The molecule has 1 atom stereocenters. The molecule has 2 amide bonds. The Morgan fingerprint density at radius 1 is 0.964 bits per heavy atom. The summed E-state index contributed by atoms with van der Waals surface area (Å²) in [5.74, 6) is 1.37. The monoisotopic (exact) mass is 755 g/mol. The highest BCUT2D eigenvalue weighted by Gasteiger charge is 2.36. The Kier molecular flexibility index (Phi) is 10.4. The fourth-order valence-electron chi connectivity index (χ4n) is 8.20. The standard InChI is InChI=1S/C42H48F3N7O3/c1-3-28-25-52(38(53)20-27-5-6-31(35(19-27)42(43,44)45)24-50-17-15-49(4-2)16-18-50)26-32-21-33(23-47-39(28)32)55-37-9-12-46-40-34(37)22-36(48-40)29-10-13-51(14-11-29)41(54)30-7-8-30/h5-6,9-10,12,19,21-23,28,30H,3-4,7-8,11,13-18,20,24-26H2,1-2H3,(H,46,48). The third-order valence-electron chi connectivity index (χ3n) is 11.7. The SMILES string of the molecule is CCC1CN(C(=O)Cc2ccc(CN3CCN(CC)CC3)c(C(F)(F)F)c2)Cc2cc(Oc3ccnc4[nH]c(C5=CCN(C(=O)C6CC6)CC5)cc34)cnc21. The number of piperazine rings is 1. The van der Waals surface area contributed by atoms with E-state index in [2.05, 4.69) is 32.8 Å². The number of nitrogens with zero attached hydrogens (tertiary/aromatic N) is 6. The highest BCUT2D eigenvalue weighted by Crippen LogP contribution is 2.38. The molecule has 1 saturated carbocycles. The average molecular weight is 756 g/mol. The molecule has 1 saturated heterocycles. The second-order valence-corrected chi connectivity index (χ2v) is 15.4. The van der Waals surface area contributed by atoms with Gasteiger partial charge in [0.15, 0.2) is 0 Å². The predicted octanol–water partition coefficient (Wildman–Crippen LogP) is 7.01. The number of hydrogen-bond acceptors (Lipinski definition) is 7. The number of aromatic nitrogens is 3. The van der Waals surface area contributed by atoms with Crippen molar-refractivity contribution in [3.63, 3.8) is 0 Å². The van der Waals surface area contributed by atoms with Gasteiger partial charge in [0.25, 0.3) is 0 Å². The fourth-order valence-corrected chi connectivity index (χ4v) is 8.20. The molecule has 3 aromatic heterocycles. The maximum Gasteiger partial charge on any atom is 0.416 e. The Labute approximate surface area is 319 Å². The Bertz CT molecular complexity index is 2100. The summed E-state index contributed by atoms with van der Waals surface area (Å²) >= 11 is 0. The maximum atomic E-state index is 14.3. The summed E-state index contributed by atoms with van der Waals surface area (Å²) in [5.41, 5.74) is 4.47. The van der Waals surface area contributed by atoms with Crippen molar-refractivity contribution in [2.45, 2.75) is 71.1 Å². The first kappa shape index (κ1) is 37.2. The van der Waals surface area contributed by atoms with Gasteiger partial charge in [-0.15, -0.1) is 0 Å². The highest BCUT2D eigenvalue weighted by molar-refractivity contribution is 5.88. The van der Waals surface area contributed by atoms with Crippen LogP contribution in [0.2, 0.25) is 0 Å². The molecular formula is C42H48F3N7O3. The molecular weight excluding hydrogens is 708 g/mol. The molecule has 10 nitrogen and oxygen atoms in total. The van der Waals surface area contributed by atoms with E-state index in [0.717, 1.165) is 92.4 Å². The van der Waals surface area contributed by atoms with Gasteiger partial charge in [-0.3, -0.25) is 19.5 Å². The van der Waals surface area contributed by atoms with Gasteiger partial charge in [-0.1, -0.05) is 32.1 Å². The molecule has 4 aliphatic rings. The van der Waals surface area contributed by atoms with Crippen LogP contribution in [0.4, 0.5) is 13.2 Å². The van der Waals surface area contributed by atoms with Crippen molar-refractivity contribution in [2.24, 2.45) is 5.92 Å². The van der Waals surface area contributed by atoms with Gasteiger partial charge in [-0.05, 0) is 78.8 Å². The minimum atomic E-state index is -4.52. The number of aromatic amines is 1. The van der Waals surface area contributed by atoms with E-state index in [4.69, 9.17) is 9.72 Å². The summed E-state index contributed by atoms with van der Waals surface area (Å²) < 4.78 is 49.4. The van der Waals surface area contributed by atoms with Crippen LogP contribution in [-0.2, 0) is 35.3 Å². The van der Waals surface area contributed by atoms with Crippen LogP contribution in [0.25, 0.3) is 16.6 Å². The molecule has 6 heterocycles. The summed E-state index contributed by atoms with van der Waals surface area (Å²) in [6, 6.07) is 10.1.